The normalized spacial score (nSPS) is 12.6. The second kappa shape index (κ2) is 7.30. The van der Waals surface area contributed by atoms with Gasteiger partial charge in [0.2, 0.25) is 0 Å². The van der Waals surface area contributed by atoms with Crippen molar-refractivity contribution in [2.75, 3.05) is 0 Å². The van der Waals surface area contributed by atoms with Gasteiger partial charge in [0, 0.05) is 33.1 Å². The Morgan fingerprint density at radius 2 is 1.89 bits per heavy atom. The van der Waals surface area contributed by atoms with Crippen LogP contribution in [0.3, 0.4) is 0 Å². The lowest BCUT2D eigenvalue weighted by molar-refractivity contribution is 0.500. The molecule has 1 aromatic heterocycles. The minimum absolute atomic E-state index is 0.373. The molecule has 0 fully saturated rings. The zero-order valence-corrected chi connectivity index (χ0v) is 13.2. The van der Waals surface area contributed by atoms with Gasteiger partial charge in [-0.15, -0.1) is 11.3 Å². The van der Waals surface area contributed by atoms with Crippen molar-refractivity contribution >= 4 is 34.5 Å². The molecule has 1 aromatic carbocycles. The van der Waals surface area contributed by atoms with E-state index in [4.69, 9.17) is 23.2 Å². The third-order valence-corrected chi connectivity index (χ3v) is 4.75. The zero-order valence-electron chi connectivity index (χ0n) is 10.8. The van der Waals surface area contributed by atoms with Gasteiger partial charge in [0.25, 0.3) is 0 Å². The average Bonchev–Trinajstić information content (AvgIpc) is 2.90. The van der Waals surface area contributed by atoms with E-state index in [-0.39, 0.29) is 0 Å². The molecule has 0 aliphatic carbocycles. The van der Waals surface area contributed by atoms with E-state index in [1.807, 2.05) is 18.2 Å². The van der Waals surface area contributed by atoms with Crippen LogP contribution in [-0.4, -0.2) is 0 Å². The van der Waals surface area contributed by atoms with Gasteiger partial charge in [-0.1, -0.05) is 48.7 Å². The van der Waals surface area contributed by atoms with Crippen molar-refractivity contribution in [3.63, 3.8) is 0 Å². The molecule has 0 aliphatic heterocycles. The predicted molar refractivity (Wildman–Crippen MR) is 85.3 cm³/mol. The maximum Gasteiger partial charge on any atom is 0.0465 e. The quantitative estimate of drug-likeness (QED) is 0.722. The fourth-order valence-corrected chi connectivity index (χ4v) is 3.42. The van der Waals surface area contributed by atoms with Crippen LogP contribution in [0.15, 0.2) is 35.7 Å². The summed E-state index contributed by atoms with van der Waals surface area (Å²) in [4.78, 5) is 1.37. The van der Waals surface area contributed by atoms with Crippen LogP contribution in [0.1, 0.15) is 36.2 Å². The predicted octanol–water partition coefficient (Wildman–Crippen LogP) is 5.69. The molecule has 4 heteroatoms. The monoisotopic (exact) mass is 313 g/mol. The summed E-state index contributed by atoms with van der Waals surface area (Å²) in [7, 11) is 0. The summed E-state index contributed by atoms with van der Waals surface area (Å²) in [5.74, 6) is 0. The Labute approximate surface area is 128 Å². The lowest BCUT2D eigenvalue weighted by atomic mass is 10.1. The van der Waals surface area contributed by atoms with Crippen molar-refractivity contribution < 1.29 is 0 Å². The highest BCUT2D eigenvalue weighted by Crippen LogP contribution is 2.27. The molecule has 0 aliphatic rings. The number of rotatable bonds is 6. The molecule has 0 saturated carbocycles. The first-order valence-electron chi connectivity index (χ1n) is 6.42. The van der Waals surface area contributed by atoms with Crippen LogP contribution in [0.2, 0.25) is 10.0 Å². The third kappa shape index (κ3) is 3.96. The van der Waals surface area contributed by atoms with Gasteiger partial charge in [-0.2, -0.15) is 0 Å². The van der Waals surface area contributed by atoms with Crippen molar-refractivity contribution in [2.45, 2.75) is 32.4 Å². The van der Waals surface area contributed by atoms with E-state index in [0.29, 0.717) is 12.6 Å². The van der Waals surface area contributed by atoms with Crippen LogP contribution < -0.4 is 5.32 Å². The summed E-state index contributed by atoms with van der Waals surface area (Å²) in [6.07, 6.45) is 2.26. The molecular formula is C15H17Cl2NS. The molecule has 1 unspecified atom stereocenters. The van der Waals surface area contributed by atoms with Crippen molar-refractivity contribution in [3.05, 3.63) is 56.2 Å². The lowest BCUT2D eigenvalue weighted by Gasteiger charge is -2.18. The molecule has 0 bridgehead atoms. The van der Waals surface area contributed by atoms with Crippen molar-refractivity contribution in [2.24, 2.45) is 0 Å². The Bertz CT molecular complexity index is 491. The van der Waals surface area contributed by atoms with Crippen LogP contribution in [0, 0.1) is 0 Å². The summed E-state index contributed by atoms with van der Waals surface area (Å²) in [5, 5.41) is 7.12. The molecule has 19 heavy (non-hydrogen) atoms. The second-order valence-corrected chi connectivity index (χ2v) is 6.23. The van der Waals surface area contributed by atoms with Crippen LogP contribution >= 0.6 is 34.5 Å². The molecule has 0 radical (unpaired) electrons. The van der Waals surface area contributed by atoms with Gasteiger partial charge in [0.15, 0.2) is 0 Å². The maximum atomic E-state index is 6.19. The molecule has 0 spiro atoms. The molecule has 2 aromatic rings. The van der Waals surface area contributed by atoms with E-state index in [1.54, 1.807) is 11.3 Å². The first kappa shape index (κ1) is 14.9. The summed E-state index contributed by atoms with van der Waals surface area (Å²) in [5.41, 5.74) is 0.975. The average molecular weight is 314 g/mol. The molecular weight excluding hydrogens is 297 g/mol. The lowest BCUT2D eigenvalue weighted by Crippen LogP contribution is -2.20. The van der Waals surface area contributed by atoms with Crippen LogP contribution in [0.25, 0.3) is 0 Å². The second-order valence-electron chi connectivity index (χ2n) is 4.44. The molecule has 102 valence electrons. The Balaban J connectivity index is 2.07. The topological polar surface area (TPSA) is 12.0 Å². The Morgan fingerprint density at radius 3 is 2.47 bits per heavy atom. The van der Waals surface area contributed by atoms with E-state index in [2.05, 4.69) is 29.8 Å². The van der Waals surface area contributed by atoms with Crippen LogP contribution in [0.4, 0.5) is 0 Å². The highest BCUT2D eigenvalue weighted by Gasteiger charge is 2.13. The highest BCUT2D eigenvalue weighted by molar-refractivity contribution is 7.10. The van der Waals surface area contributed by atoms with E-state index < -0.39 is 0 Å². The van der Waals surface area contributed by atoms with Gasteiger partial charge in [-0.3, -0.25) is 0 Å². The standard InChI is InChI=1S/C15H17Cl2NS/c1-2-5-14(15-8-4-9-19-15)18-10-11-12(16)6-3-7-13(11)17/h3-4,6-9,14,18H,2,5,10H2,1H3. The van der Waals surface area contributed by atoms with Crippen LogP contribution in [0.5, 0.6) is 0 Å². The molecule has 1 heterocycles. The summed E-state index contributed by atoms with van der Waals surface area (Å²) in [6, 6.07) is 10.3. The fourth-order valence-electron chi connectivity index (χ4n) is 2.05. The van der Waals surface area contributed by atoms with Crippen molar-refractivity contribution in [1.82, 2.24) is 5.32 Å². The maximum absolute atomic E-state index is 6.19. The molecule has 1 N–H and O–H groups in total. The Morgan fingerprint density at radius 1 is 1.16 bits per heavy atom. The van der Waals surface area contributed by atoms with Crippen molar-refractivity contribution in [1.29, 1.82) is 0 Å². The SMILES string of the molecule is CCCC(NCc1c(Cl)cccc1Cl)c1cccs1. The number of halogens is 2. The minimum atomic E-state index is 0.373. The van der Waals surface area contributed by atoms with Gasteiger partial charge in [-0.25, -0.2) is 0 Å². The summed E-state index contributed by atoms with van der Waals surface area (Å²) >= 11 is 14.2. The number of nitrogens with one attached hydrogen (secondary N) is 1. The van der Waals surface area contributed by atoms with E-state index in [0.717, 1.165) is 28.5 Å². The van der Waals surface area contributed by atoms with E-state index >= 15 is 0 Å². The first-order valence-corrected chi connectivity index (χ1v) is 8.05. The number of hydrogen-bond acceptors (Lipinski definition) is 2. The van der Waals surface area contributed by atoms with Gasteiger partial charge in [-0.05, 0) is 30.0 Å². The number of thiophene rings is 1. The van der Waals surface area contributed by atoms with Gasteiger partial charge >= 0.3 is 0 Å². The number of benzene rings is 1. The molecule has 1 atom stereocenters. The molecule has 0 amide bonds. The molecule has 0 saturated heterocycles. The highest BCUT2D eigenvalue weighted by atomic mass is 35.5. The number of hydrogen-bond donors (Lipinski definition) is 1. The summed E-state index contributed by atoms with van der Waals surface area (Å²) in [6.45, 7) is 2.89. The van der Waals surface area contributed by atoms with Gasteiger partial charge in [0.1, 0.15) is 0 Å². The van der Waals surface area contributed by atoms with Gasteiger partial charge < -0.3 is 5.32 Å². The zero-order chi connectivity index (χ0) is 13.7. The van der Waals surface area contributed by atoms with Crippen LogP contribution in [-0.2, 0) is 6.54 Å². The largest absolute Gasteiger partial charge is 0.305 e. The minimum Gasteiger partial charge on any atom is -0.305 e. The Hall–Kier alpha value is -0.540. The fraction of sp³-hybridized carbons (Fsp3) is 0.333. The molecule has 1 nitrogen and oxygen atoms in total. The first-order chi connectivity index (χ1) is 9.22. The van der Waals surface area contributed by atoms with Crippen molar-refractivity contribution in [3.8, 4) is 0 Å². The van der Waals surface area contributed by atoms with E-state index in [1.165, 1.54) is 4.88 Å². The Kier molecular flexibility index (Phi) is 5.71. The summed E-state index contributed by atoms with van der Waals surface area (Å²) < 4.78 is 0. The molecule has 2 rings (SSSR count). The van der Waals surface area contributed by atoms with Gasteiger partial charge in [0.05, 0.1) is 0 Å². The smallest absolute Gasteiger partial charge is 0.0465 e. The third-order valence-electron chi connectivity index (χ3n) is 3.05. The van der Waals surface area contributed by atoms with E-state index in [9.17, 15) is 0 Å².